The first-order valence-electron chi connectivity index (χ1n) is 9.36. The highest BCUT2D eigenvalue weighted by Crippen LogP contribution is 2.14. The molecule has 0 aliphatic carbocycles. The highest BCUT2D eigenvalue weighted by atomic mass is 127. The van der Waals surface area contributed by atoms with Crippen molar-refractivity contribution in [3.63, 3.8) is 0 Å². The lowest BCUT2D eigenvalue weighted by Gasteiger charge is -2.29. The number of hydrogen-bond acceptors (Lipinski definition) is 5. The van der Waals surface area contributed by atoms with E-state index in [2.05, 4.69) is 53.4 Å². The van der Waals surface area contributed by atoms with Crippen molar-refractivity contribution in [1.82, 2.24) is 20.7 Å². The van der Waals surface area contributed by atoms with Gasteiger partial charge in [-0.05, 0) is 18.8 Å². The Labute approximate surface area is 174 Å². The first-order valence-corrected chi connectivity index (χ1v) is 9.36. The molecule has 1 aromatic heterocycles. The monoisotopic (exact) mass is 479 g/mol. The normalized spacial score (nSPS) is 17.0. The summed E-state index contributed by atoms with van der Waals surface area (Å²) < 4.78 is 10.8. The summed E-state index contributed by atoms with van der Waals surface area (Å²) in [4.78, 5) is 7.06. The smallest absolute Gasteiger partial charge is 0.191 e. The lowest BCUT2D eigenvalue weighted by Crippen LogP contribution is -2.44. The van der Waals surface area contributed by atoms with Gasteiger partial charge in [0.05, 0.1) is 18.9 Å². The van der Waals surface area contributed by atoms with Gasteiger partial charge in [-0.25, -0.2) is 4.99 Å². The van der Waals surface area contributed by atoms with Crippen LogP contribution in [0.2, 0.25) is 0 Å². The lowest BCUT2D eigenvalue weighted by molar-refractivity contribution is 0.0320. The topological polar surface area (TPSA) is 74.9 Å². The molecule has 0 aromatic carbocycles. The van der Waals surface area contributed by atoms with Gasteiger partial charge in [-0.15, -0.1) is 24.0 Å². The van der Waals surface area contributed by atoms with Gasteiger partial charge in [0.1, 0.15) is 6.54 Å². The first kappa shape index (κ1) is 23.2. The number of ether oxygens (including phenoxy) is 1. The van der Waals surface area contributed by atoms with Gasteiger partial charge in [-0.2, -0.15) is 0 Å². The molecular weight excluding hydrogens is 445 g/mol. The van der Waals surface area contributed by atoms with E-state index in [0.29, 0.717) is 18.4 Å². The van der Waals surface area contributed by atoms with Crippen LogP contribution >= 0.6 is 24.0 Å². The maximum absolute atomic E-state index is 5.40. The Morgan fingerprint density at radius 3 is 2.62 bits per heavy atom. The molecule has 1 aromatic rings. The molecule has 0 amide bonds. The molecule has 2 N–H and O–H groups in total. The minimum Gasteiger partial charge on any atom is -0.379 e. The maximum atomic E-state index is 5.40. The zero-order valence-electron chi connectivity index (χ0n) is 16.5. The van der Waals surface area contributed by atoms with Crippen molar-refractivity contribution >= 4 is 29.9 Å². The Balaban J connectivity index is 0.00000338. The summed E-state index contributed by atoms with van der Waals surface area (Å²) in [5.41, 5.74) is 0.974. The predicted molar refractivity (Wildman–Crippen MR) is 115 cm³/mol. The molecule has 1 unspecified atom stereocenters. The van der Waals surface area contributed by atoms with Crippen LogP contribution in [0.1, 0.15) is 45.1 Å². The highest BCUT2D eigenvalue weighted by molar-refractivity contribution is 14.0. The molecule has 150 valence electrons. The Morgan fingerprint density at radius 1 is 1.27 bits per heavy atom. The van der Waals surface area contributed by atoms with E-state index < -0.39 is 0 Å². The average molecular weight is 479 g/mol. The van der Waals surface area contributed by atoms with Crippen molar-refractivity contribution in [2.24, 2.45) is 10.9 Å². The summed E-state index contributed by atoms with van der Waals surface area (Å²) in [5, 5.41) is 10.8. The van der Waals surface area contributed by atoms with Crippen LogP contribution in [0.3, 0.4) is 0 Å². The summed E-state index contributed by atoms with van der Waals surface area (Å²) in [6.45, 7) is 15.6. The number of aromatic nitrogens is 1. The zero-order valence-corrected chi connectivity index (χ0v) is 18.8. The van der Waals surface area contributed by atoms with Crippen LogP contribution in [0.5, 0.6) is 0 Å². The molecule has 0 spiro atoms. The fraction of sp³-hybridized carbons (Fsp3) is 0.778. The van der Waals surface area contributed by atoms with Gasteiger partial charge < -0.3 is 19.9 Å². The largest absolute Gasteiger partial charge is 0.379 e. The molecule has 0 radical (unpaired) electrons. The van der Waals surface area contributed by atoms with Gasteiger partial charge in [0.2, 0.25) is 0 Å². The fourth-order valence-corrected chi connectivity index (χ4v) is 2.73. The second-order valence-corrected chi connectivity index (χ2v) is 6.97. The van der Waals surface area contributed by atoms with Gasteiger partial charge in [0, 0.05) is 38.8 Å². The van der Waals surface area contributed by atoms with E-state index in [1.54, 1.807) is 0 Å². The summed E-state index contributed by atoms with van der Waals surface area (Å²) in [5.74, 6) is 2.52. The number of hydrogen-bond donors (Lipinski definition) is 2. The third-order valence-corrected chi connectivity index (χ3v) is 4.20. The van der Waals surface area contributed by atoms with E-state index in [4.69, 9.17) is 9.26 Å². The quantitative estimate of drug-likeness (QED) is 0.339. The van der Waals surface area contributed by atoms with Crippen LogP contribution in [0.4, 0.5) is 0 Å². The number of nitrogens with zero attached hydrogens (tertiary/aromatic N) is 3. The second kappa shape index (κ2) is 12.5. The molecule has 0 bridgehead atoms. The first-order chi connectivity index (χ1) is 12.1. The van der Waals surface area contributed by atoms with E-state index in [0.717, 1.165) is 63.4 Å². The second-order valence-electron chi connectivity index (χ2n) is 6.97. The third kappa shape index (κ3) is 8.22. The van der Waals surface area contributed by atoms with Crippen molar-refractivity contribution in [1.29, 1.82) is 0 Å². The molecule has 1 saturated heterocycles. The van der Waals surface area contributed by atoms with E-state index in [1.165, 1.54) is 0 Å². The predicted octanol–water partition coefficient (Wildman–Crippen LogP) is 2.44. The number of nitrogens with one attached hydrogen (secondary N) is 2. The molecule has 1 atom stereocenters. The minimum absolute atomic E-state index is 0. The van der Waals surface area contributed by atoms with Gasteiger partial charge in [-0.3, -0.25) is 4.90 Å². The van der Waals surface area contributed by atoms with Crippen LogP contribution < -0.4 is 10.6 Å². The van der Waals surface area contributed by atoms with Crippen LogP contribution in [0, 0.1) is 5.92 Å². The SMILES string of the molecule is CCNC(=NCc1cc(C(C)C)no1)NCC(C)CN1CCOCC1.I. The summed E-state index contributed by atoms with van der Waals surface area (Å²) in [6, 6.07) is 1.98. The third-order valence-electron chi connectivity index (χ3n) is 4.20. The van der Waals surface area contributed by atoms with Crippen LogP contribution in [0.15, 0.2) is 15.6 Å². The van der Waals surface area contributed by atoms with Crippen molar-refractivity contribution in [3.05, 3.63) is 17.5 Å². The molecule has 8 heteroatoms. The van der Waals surface area contributed by atoms with Crippen LogP contribution in [0.25, 0.3) is 0 Å². The number of rotatable bonds is 8. The lowest BCUT2D eigenvalue weighted by atomic mass is 10.1. The van der Waals surface area contributed by atoms with Crippen molar-refractivity contribution in [3.8, 4) is 0 Å². The molecule has 0 saturated carbocycles. The van der Waals surface area contributed by atoms with Crippen LogP contribution in [-0.2, 0) is 11.3 Å². The number of guanidine groups is 1. The molecule has 7 nitrogen and oxygen atoms in total. The Morgan fingerprint density at radius 2 is 2.00 bits per heavy atom. The molecule has 26 heavy (non-hydrogen) atoms. The van der Waals surface area contributed by atoms with E-state index >= 15 is 0 Å². The highest BCUT2D eigenvalue weighted by Gasteiger charge is 2.14. The minimum atomic E-state index is 0. The maximum Gasteiger partial charge on any atom is 0.191 e. The zero-order chi connectivity index (χ0) is 18.1. The molecule has 1 aliphatic heterocycles. The molecule has 1 fully saturated rings. The van der Waals surface area contributed by atoms with E-state index in [-0.39, 0.29) is 24.0 Å². The van der Waals surface area contributed by atoms with Gasteiger partial charge in [0.15, 0.2) is 11.7 Å². The van der Waals surface area contributed by atoms with Crippen LogP contribution in [-0.4, -0.2) is 62.0 Å². The Hall–Kier alpha value is -0.870. The van der Waals surface area contributed by atoms with E-state index in [9.17, 15) is 0 Å². The average Bonchev–Trinajstić information content (AvgIpc) is 3.07. The van der Waals surface area contributed by atoms with Crippen molar-refractivity contribution in [2.75, 3.05) is 45.9 Å². The van der Waals surface area contributed by atoms with Gasteiger partial charge in [-0.1, -0.05) is 25.9 Å². The number of halogens is 1. The molecule has 2 heterocycles. The van der Waals surface area contributed by atoms with Gasteiger partial charge in [0.25, 0.3) is 0 Å². The summed E-state index contributed by atoms with van der Waals surface area (Å²) in [7, 11) is 0. The van der Waals surface area contributed by atoms with Crippen molar-refractivity contribution < 1.29 is 9.26 Å². The van der Waals surface area contributed by atoms with E-state index in [1.807, 2.05) is 6.07 Å². The summed E-state index contributed by atoms with van der Waals surface area (Å²) in [6.07, 6.45) is 0. The molecular formula is C18H34IN5O2. The number of morpholine rings is 1. The molecule has 2 rings (SSSR count). The Kier molecular flexibility index (Phi) is 11.1. The van der Waals surface area contributed by atoms with Gasteiger partial charge >= 0.3 is 0 Å². The summed E-state index contributed by atoms with van der Waals surface area (Å²) >= 11 is 0. The fourth-order valence-electron chi connectivity index (χ4n) is 2.73. The number of aliphatic imine (C=N–C) groups is 1. The molecule has 1 aliphatic rings. The Bertz CT molecular complexity index is 529. The standard InChI is InChI=1S/C18H33N5O2.HI/c1-5-19-18(21-12-16-10-17(14(2)3)22-25-16)20-11-15(4)13-23-6-8-24-9-7-23;/h10,14-15H,5-9,11-13H2,1-4H3,(H2,19,20,21);1H. The van der Waals surface area contributed by atoms with Crippen molar-refractivity contribution in [2.45, 2.75) is 40.2 Å².